The van der Waals surface area contributed by atoms with E-state index in [2.05, 4.69) is 81.0 Å². The zero-order chi connectivity index (χ0) is 18.5. The van der Waals surface area contributed by atoms with Crippen LogP contribution in [0.25, 0.3) is 11.1 Å². The summed E-state index contributed by atoms with van der Waals surface area (Å²) in [6.45, 7) is 4.79. The molecule has 5 nitrogen and oxygen atoms in total. The molecule has 0 bridgehead atoms. The third kappa shape index (κ3) is 4.61. The van der Waals surface area contributed by atoms with Crippen molar-refractivity contribution in [3.63, 3.8) is 0 Å². The Morgan fingerprint density at radius 1 is 0.926 bits per heavy atom. The van der Waals surface area contributed by atoms with E-state index in [1.165, 1.54) is 48.2 Å². The van der Waals surface area contributed by atoms with Crippen molar-refractivity contribution in [1.82, 2.24) is 25.5 Å². The largest absolute Gasteiger partial charge is 0.300 e. The fourth-order valence-electron chi connectivity index (χ4n) is 3.87. The second-order valence-corrected chi connectivity index (χ2v) is 7.52. The maximum absolute atomic E-state index is 3.93. The quantitative estimate of drug-likeness (QED) is 0.697. The zero-order valence-electron chi connectivity index (χ0n) is 15.9. The van der Waals surface area contributed by atoms with Gasteiger partial charge in [-0.15, -0.1) is 5.10 Å². The lowest BCUT2D eigenvalue weighted by Gasteiger charge is -2.20. The Morgan fingerprint density at radius 2 is 1.59 bits per heavy atom. The van der Waals surface area contributed by atoms with Gasteiger partial charge in [-0.1, -0.05) is 48.5 Å². The highest BCUT2D eigenvalue weighted by molar-refractivity contribution is 5.64. The molecule has 140 valence electrons. The van der Waals surface area contributed by atoms with Crippen molar-refractivity contribution in [3.8, 4) is 11.1 Å². The van der Waals surface area contributed by atoms with Crippen molar-refractivity contribution in [3.05, 3.63) is 65.5 Å². The molecule has 1 aliphatic rings. The molecule has 1 aromatic heterocycles. The van der Waals surface area contributed by atoms with Gasteiger partial charge in [0, 0.05) is 19.0 Å². The first kappa shape index (κ1) is 17.9. The third-order valence-corrected chi connectivity index (χ3v) is 5.66. The molecule has 0 saturated carbocycles. The van der Waals surface area contributed by atoms with Gasteiger partial charge < -0.3 is 4.90 Å². The molecule has 5 heteroatoms. The molecule has 1 N–H and O–H groups in total. The molecule has 4 rings (SSSR count). The number of tetrazole rings is 1. The van der Waals surface area contributed by atoms with Gasteiger partial charge in [-0.2, -0.15) is 0 Å². The van der Waals surface area contributed by atoms with Gasteiger partial charge in [0.05, 0.1) is 0 Å². The normalized spacial score (nSPS) is 17.4. The van der Waals surface area contributed by atoms with Gasteiger partial charge >= 0.3 is 0 Å². The minimum absolute atomic E-state index is 0.753. The Hall–Kier alpha value is -2.53. The van der Waals surface area contributed by atoms with Gasteiger partial charge in [-0.25, -0.2) is 5.10 Å². The number of benzene rings is 2. The van der Waals surface area contributed by atoms with Crippen LogP contribution in [0.3, 0.4) is 0 Å². The first-order chi connectivity index (χ1) is 13.3. The Kier molecular flexibility index (Phi) is 5.58. The lowest BCUT2D eigenvalue weighted by atomic mass is 10.0. The number of rotatable bonds is 7. The highest BCUT2D eigenvalue weighted by Gasteiger charge is 2.19. The van der Waals surface area contributed by atoms with E-state index in [1.807, 2.05) is 0 Å². The van der Waals surface area contributed by atoms with Crippen LogP contribution in [0.5, 0.6) is 0 Å². The van der Waals surface area contributed by atoms with Crippen LogP contribution in [0, 0.1) is 0 Å². The van der Waals surface area contributed by atoms with Gasteiger partial charge in [0.1, 0.15) is 5.82 Å². The first-order valence-corrected chi connectivity index (χ1v) is 9.93. The molecule has 1 atom stereocenters. The maximum Gasteiger partial charge on any atom is 0.148 e. The molecular weight excluding hydrogens is 334 g/mol. The van der Waals surface area contributed by atoms with E-state index in [-0.39, 0.29) is 0 Å². The molecule has 1 aliphatic heterocycles. The highest BCUT2D eigenvalue weighted by Crippen LogP contribution is 2.22. The molecular formula is C22H27N5. The lowest BCUT2D eigenvalue weighted by Crippen LogP contribution is -2.28. The molecule has 1 unspecified atom stereocenters. The Bertz CT molecular complexity index is 824. The van der Waals surface area contributed by atoms with E-state index in [1.54, 1.807) is 0 Å². The number of aromatic nitrogens is 4. The predicted molar refractivity (Wildman–Crippen MR) is 107 cm³/mol. The van der Waals surface area contributed by atoms with E-state index in [4.69, 9.17) is 0 Å². The van der Waals surface area contributed by atoms with E-state index >= 15 is 0 Å². The summed E-state index contributed by atoms with van der Waals surface area (Å²) >= 11 is 0. The third-order valence-electron chi connectivity index (χ3n) is 5.66. The van der Waals surface area contributed by atoms with Crippen LogP contribution < -0.4 is 0 Å². The Labute approximate surface area is 160 Å². The van der Waals surface area contributed by atoms with Gasteiger partial charge in [0.2, 0.25) is 0 Å². The van der Waals surface area contributed by atoms with Crippen molar-refractivity contribution in [2.45, 2.75) is 45.1 Å². The molecule has 2 heterocycles. The number of hydrogen-bond donors (Lipinski definition) is 1. The fourth-order valence-corrected chi connectivity index (χ4v) is 3.87. The summed E-state index contributed by atoms with van der Waals surface area (Å²) < 4.78 is 0. The summed E-state index contributed by atoms with van der Waals surface area (Å²) in [4.78, 5) is 2.61. The highest BCUT2D eigenvalue weighted by atomic mass is 15.5. The van der Waals surface area contributed by atoms with Gasteiger partial charge in [-0.3, -0.25) is 0 Å². The monoisotopic (exact) mass is 361 g/mol. The minimum atomic E-state index is 0.753. The van der Waals surface area contributed by atoms with Crippen molar-refractivity contribution < 1.29 is 0 Å². The Balaban J connectivity index is 1.32. The molecule has 2 aromatic carbocycles. The molecule has 27 heavy (non-hydrogen) atoms. The van der Waals surface area contributed by atoms with Crippen LogP contribution in [0.4, 0.5) is 0 Å². The van der Waals surface area contributed by atoms with Crippen LogP contribution >= 0.6 is 0 Å². The molecule has 0 aliphatic carbocycles. The van der Waals surface area contributed by atoms with E-state index < -0.39 is 0 Å². The number of aryl methyl sites for hydroxylation is 2. The average molecular weight is 361 g/mol. The van der Waals surface area contributed by atoms with Gasteiger partial charge in [0.15, 0.2) is 0 Å². The van der Waals surface area contributed by atoms with Crippen LogP contribution in [0.15, 0.2) is 48.5 Å². The maximum atomic E-state index is 3.93. The van der Waals surface area contributed by atoms with Gasteiger partial charge in [-0.05, 0) is 71.8 Å². The number of likely N-dealkylation sites (tertiary alicyclic amines) is 1. The summed E-state index contributed by atoms with van der Waals surface area (Å²) in [5, 5.41) is 14.0. The molecule has 1 fully saturated rings. The van der Waals surface area contributed by atoms with E-state index in [9.17, 15) is 0 Å². The average Bonchev–Trinajstić information content (AvgIpc) is 3.37. The van der Waals surface area contributed by atoms with Crippen molar-refractivity contribution in [1.29, 1.82) is 0 Å². The molecule has 0 spiro atoms. The molecule has 3 aromatic rings. The SMILES string of the molecule is CC1CCCN1CCc1ccc(-c2ccc(CCc3nnn[nH]3)cc2)cc1. The number of H-pyrrole nitrogens is 1. The topological polar surface area (TPSA) is 57.7 Å². The van der Waals surface area contributed by atoms with Crippen molar-refractivity contribution in [2.75, 3.05) is 13.1 Å². The summed E-state index contributed by atoms with van der Waals surface area (Å²) in [6.07, 6.45) is 5.61. The van der Waals surface area contributed by atoms with E-state index in [0.29, 0.717) is 0 Å². The minimum Gasteiger partial charge on any atom is -0.300 e. The number of aromatic amines is 1. The van der Waals surface area contributed by atoms with Crippen molar-refractivity contribution in [2.24, 2.45) is 0 Å². The van der Waals surface area contributed by atoms with E-state index in [0.717, 1.165) is 31.1 Å². The summed E-state index contributed by atoms with van der Waals surface area (Å²) in [7, 11) is 0. The van der Waals surface area contributed by atoms with Crippen LogP contribution in [-0.2, 0) is 19.3 Å². The predicted octanol–water partition coefficient (Wildman–Crippen LogP) is 3.68. The molecule has 1 saturated heterocycles. The number of nitrogens with zero attached hydrogens (tertiary/aromatic N) is 4. The van der Waals surface area contributed by atoms with Crippen LogP contribution in [0.1, 0.15) is 36.7 Å². The first-order valence-electron chi connectivity index (χ1n) is 9.93. The molecule has 0 radical (unpaired) electrons. The van der Waals surface area contributed by atoms with Crippen molar-refractivity contribution >= 4 is 0 Å². The standard InChI is InChI=1S/C22H27N5/c1-17-3-2-15-27(17)16-14-19-6-11-21(12-7-19)20-9-4-18(5-10-20)8-13-22-23-25-26-24-22/h4-7,9-12,17H,2-3,8,13-16H2,1H3,(H,23,24,25,26). The smallest absolute Gasteiger partial charge is 0.148 e. The summed E-state index contributed by atoms with van der Waals surface area (Å²) in [5.74, 6) is 0.831. The van der Waals surface area contributed by atoms with Gasteiger partial charge in [0.25, 0.3) is 0 Å². The summed E-state index contributed by atoms with van der Waals surface area (Å²) in [6, 6.07) is 18.6. The van der Waals surface area contributed by atoms with Crippen LogP contribution in [0.2, 0.25) is 0 Å². The lowest BCUT2D eigenvalue weighted by molar-refractivity contribution is 0.272. The zero-order valence-corrected chi connectivity index (χ0v) is 15.9. The number of hydrogen-bond acceptors (Lipinski definition) is 4. The summed E-state index contributed by atoms with van der Waals surface area (Å²) in [5.41, 5.74) is 5.26. The second-order valence-electron chi connectivity index (χ2n) is 7.52. The second kappa shape index (κ2) is 8.44. The fraction of sp³-hybridized carbons (Fsp3) is 0.409. The number of nitrogens with one attached hydrogen (secondary N) is 1. The van der Waals surface area contributed by atoms with Crippen LogP contribution in [-0.4, -0.2) is 44.7 Å². The Morgan fingerprint density at radius 3 is 2.15 bits per heavy atom. The molecule has 0 amide bonds.